The number of aryl methyl sites for hydroxylation is 2. The van der Waals surface area contributed by atoms with Crippen molar-refractivity contribution in [3.63, 3.8) is 0 Å². The van der Waals surface area contributed by atoms with Gasteiger partial charge in [0.2, 0.25) is 5.89 Å². The number of carbonyl (C=O) groups is 1. The quantitative estimate of drug-likeness (QED) is 0.332. The van der Waals surface area contributed by atoms with E-state index in [1.165, 1.54) is 5.56 Å². The average molecular weight is 458 g/mol. The molecule has 34 heavy (non-hydrogen) atoms. The van der Waals surface area contributed by atoms with Crippen LogP contribution < -0.4 is 5.32 Å². The summed E-state index contributed by atoms with van der Waals surface area (Å²) in [6.07, 6.45) is 3.82. The Labute approximate surface area is 200 Å². The minimum Gasteiger partial charge on any atom is -0.420 e. The molecule has 0 atom stereocenters. The number of nitrogens with one attached hydrogen (secondary N) is 1. The van der Waals surface area contributed by atoms with Crippen molar-refractivity contribution in [1.29, 1.82) is 0 Å². The number of hydrogen-bond donors (Lipinski definition) is 1. The normalized spacial score (nSPS) is 11.2. The van der Waals surface area contributed by atoms with Crippen molar-refractivity contribution in [2.45, 2.75) is 46.5 Å². The van der Waals surface area contributed by atoms with Gasteiger partial charge in [-0.2, -0.15) is 5.10 Å². The molecule has 0 radical (unpaired) electrons. The topological polar surface area (TPSA) is 85.8 Å². The van der Waals surface area contributed by atoms with E-state index in [9.17, 15) is 4.79 Å². The highest BCUT2D eigenvalue weighted by Crippen LogP contribution is 2.23. The third kappa shape index (κ3) is 5.98. The highest BCUT2D eigenvalue weighted by atomic mass is 16.4. The number of carbonyl (C=O) groups excluding carboxylic acids is 1. The van der Waals surface area contributed by atoms with Crippen molar-refractivity contribution < 1.29 is 9.21 Å². The summed E-state index contributed by atoms with van der Waals surface area (Å²) in [4.78, 5) is 12.8. The summed E-state index contributed by atoms with van der Waals surface area (Å²) in [7, 11) is 0. The van der Waals surface area contributed by atoms with E-state index in [2.05, 4.69) is 53.6 Å². The maximum absolute atomic E-state index is 12.8. The maximum Gasteiger partial charge on any atom is 0.268 e. The van der Waals surface area contributed by atoms with Gasteiger partial charge >= 0.3 is 0 Å². The summed E-state index contributed by atoms with van der Waals surface area (Å²) in [6.45, 7) is 6.73. The molecule has 0 aliphatic heterocycles. The summed E-state index contributed by atoms with van der Waals surface area (Å²) in [5.41, 5.74) is 4.42. The molecule has 1 amide bonds. The van der Waals surface area contributed by atoms with Gasteiger partial charge < -0.3 is 9.73 Å². The summed E-state index contributed by atoms with van der Waals surface area (Å²) in [6, 6.07) is 19.9. The van der Waals surface area contributed by atoms with E-state index < -0.39 is 0 Å². The van der Waals surface area contributed by atoms with E-state index in [0.717, 1.165) is 37.1 Å². The minimum absolute atomic E-state index is 0.0770. The third-order valence-corrected chi connectivity index (χ3v) is 5.52. The van der Waals surface area contributed by atoms with Gasteiger partial charge in [-0.15, -0.1) is 10.2 Å². The van der Waals surface area contributed by atoms with Crippen molar-refractivity contribution in [2.24, 2.45) is 5.92 Å². The van der Waals surface area contributed by atoms with Crippen molar-refractivity contribution in [2.75, 3.05) is 6.54 Å². The fourth-order valence-corrected chi connectivity index (χ4v) is 3.89. The van der Waals surface area contributed by atoms with Gasteiger partial charge in [-0.1, -0.05) is 50.2 Å². The Bertz CT molecular complexity index is 1230. The first-order valence-corrected chi connectivity index (χ1v) is 11.8. The van der Waals surface area contributed by atoms with Crippen molar-refractivity contribution in [3.05, 3.63) is 83.4 Å². The highest BCUT2D eigenvalue weighted by Gasteiger charge is 2.17. The van der Waals surface area contributed by atoms with E-state index in [1.807, 2.05) is 41.1 Å². The van der Waals surface area contributed by atoms with Crippen LogP contribution in [0.5, 0.6) is 0 Å². The number of hydrogen-bond acceptors (Lipinski definition) is 5. The standard InChI is InChI=1S/C27H31N5O2/c1-19(2)16-24-18-25(27-30-29-20(3)34-27)31-32(24)23-14-9-13-22(17-23)26(33)28-15-8-7-12-21-10-5-4-6-11-21/h4-6,9-11,13-14,17-19H,7-8,12,15-16H2,1-3H3,(H,28,33). The van der Waals surface area contributed by atoms with Gasteiger partial charge in [0.1, 0.15) is 5.69 Å². The molecule has 0 saturated carbocycles. The molecule has 7 nitrogen and oxygen atoms in total. The van der Waals surface area contributed by atoms with E-state index >= 15 is 0 Å². The first-order valence-electron chi connectivity index (χ1n) is 11.8. The van der Waals surface area contributed by atoms with Crippen LogP contribution in [0.15, 0.2) is 65.1 Å². The van der Waals surface area contributed by atoms with Crippen LogP contribution in [0.1, 0.15) is 54.2 Å². The van der Waals surface area contributed by atoms with Crippen LogP contribution in [0.3, 0.4) is 0 Å². The SMILES string of the molecule is Cc1nnc(-c2cc(CC(C)C)n(-c3cccc(C(=O)NCCCCc4ccccc4)c3)n2)o1. The van der Waals surface area contributed by atoms with Gasteiger partial charge in [0, 0.05) is 24.7 Å². The molecular weight excluding hydrogens is 426 g/mol. The lowest BCUT2D eigenvalue weighted by molar-refractivity contribution is 0.0953. The van der Waals surface area contributed by atoms with Gasteiger partial charge in [-0.05, 0) is 61.4 Å². The zero-order valence-corrected chi connectivity index (χ0v) is 20.0. The molecule has 1 N–H and O–H groups in total. The fraction of sp³-hybridized carbons (Fsp3) is 0.333. The smallest absolute Gasteiger partial charge is 0.268 e. The Morgan fingerprint density at radius 1 is 1.03 bits per heavy atom. The second kappa shape index (κ2) is 10.9. The average Bonchev–Trinajstić information content (AvgIpc) is 3.45. The monoisotopic (exact) mass is 457 g/mol. The Morgan fingerprint density at radius 3 is 2.59 bits per heavy atom. The molecule has 2 aromatic heterocycles. The van der Waals surface area contributed by atoms with Crippen molar-refractivity contribution >= 4 is 5.91 Å². The Balaban J connectivity index is 1.43. The van der Waals surface area contributed by atoms with Crippen LogP contribution in [0.4, 0.5) is 0 Å². The van der Waals surface area contributed by atoms with Gasteiger partial charge in [0.15, 0.2) is 0 Å². The molecule has 0 aliphatic rings. The Kier molecular flexibility index (Phi) is 7.52. The first-order chi connectivity index (χ1) is 16.5. The predicted octanol–water partition coefficient (Wildman–Crippen LogP) is 5.18. The van der Waals surface area contributed by atoms with Gasteiger partial charge in [0.25, 0.3) is 11.8 Å². The minimum atomic E-state index is -0.0770. The molecule has 0 bridgehead atoms. The highest BCUT2D eigenvalue weighted by molar-refractivity contribution is 5.94. The molecule has 4 aromatic rings. The molecule has 0 fully saturated rings. The number of nitrogens with zero attached hydrogens (tertiary/aromatic N) is 4. The van der Waals surface area contributed by atoms with Gasteiger partial charge in [-0.25, -0.2) is 4.68 Å². The summed E-state index contributed by atoms with van der Waals surface area (Å²) in [5.74, 6) is 1.25. The summed E-state index contributed by atoms with van der Waals surface area (Å²) >= 11 is 0. The fourth-order valence-electron chi connectivity index (χ4n) is 3.89. The molecule has 4 rings (SSSR count). The molecule has 7 heteroatoms. The summed E-state index contributed by atoms with van der Waals surface area (Å²) in [5, 5.41) is 15.8. The van der Waals surface area contributed by atoms with Crippen LogP contribution in [0.25, 0.3) is 17.3 Å². The van der Waals surface area contributed by atoms with Gasteiger partial charge in [0.05, 0.1) is 5.69 Å². The van der Waals surface area contributed by atoms with Gasteiger partial charge in [-0.3, -0.25) is 4.79 Å². The lowest BCUT2D eigenvalue weighted by atomic mass is 10.1. The molecular formula is C27H31N5O2. The zero-order chi connectivity index (χ0) is 23.9. The molecule has 0 unspecified atom stereocenters. The molecule has 2 heterocycles. The predicted molar refractivity (Wildman–Crippen MR) is 132 cm³/mol. The largest absolute Gasteiger partial charge is 0.420 e. The summed E-state index contributed by atoms with van der Waals surface area (Å²) < 4.78 is 7.44. The Hall–Kier alpha value is -3.74. The lowest BCUT2D eigenvalue weighted by Crippen LogP contribution is -2.24. The van der Waals surface area contributed by atoms with Crippen LogP contribution in [-0.2, 0) is 12.8 Å². The number of unbranched alkanes of at least 4 members (excludes halogenated alkanes) is 1. The van der Waals surface area contributed by atoms with Crippen molar-refractivity contribution in [3.8, 4) is 17.3 Å². The van der Waals surface area contributed by atoms with E-state index in [0.29, 0.717) is 35.5 Å². The lowest BCUT2D eigenvalue weighted by Gasteiger charge is -2.11. The third-order valence-electron chi connectivity index (χ3n) is 5.52. The molecule has 176 valence electrons. The molecule has 0 saturated heterocycles. The molecule has 0 spiro atoms. The number of benzene rings is 2. The number of aromatic nitrogens is 4. The second-order valence-corrected chi connectivity index (χ2v) is 8.91. The maximum atomic E-state index is 12.8. The van der Waals surface area contributed by atoms with Crippen LogP contribution in [-0.4, -0.2) is 32.4 Å². The van der Waals surface area contributed by atoms with Crippen molar-refractivity contribution in [1.82, 2.24) is 25.3 Å². The molecule has 2 aromatic carbocycles. The van der Waals surface area contributed by atoms with E-state index in [-0.39, 0.29) is 5.91 Å². The second-order valence-electron chi connectivity index (χ2n) is 8.91. The van der Waals surface area contributed by atoms with Crippen LogP contribution >= 0.6 is 0 Å². The Morgan fingerprint density at radius 2 is 1.85 bits per heavy atom. The number of rotatable bonds is 10. The van der Waals surface area contributed by atoms with Crippen LogP contribution in [0, 0.1) is 12.8 Å². The first kappa shape index (κ1) is 23.4. The zero-order valence-electron chi connectivity index (χ0n) is 20.0. The number of amides is 1. The molecule has 0 aliphatic carbocycles. The van der Waals surface area contributed by atoms with Crippen LogP contribution in [0.2, 0.25) is 0 Å². The van der Waals surface area contributed by atoms with E-state index in [4.69, 9.17) is 9.52 Å². The van der Waals surface area contributed by atoms with E-state index in [1.54, 1.807) is 6.92 Å².